The number of allylic oxidation sites excluding steroid dienone is 1. The average molecular weight is 161 g/mol. The second kappa shape index (κ2) is 2.63. The highest BCUT2D eigenvalue weighted by Crippen LogP contribution is 2.25. The van der Waals surface area contributed by atoms with Gasteiger partial charge in [0.15, 0.2) is 0 Å². The maximum atomic E-state index is 5.20. The number of aryl methyl sites for hydroxylation is 1. The minimum absolute atomic E-state index is 0.903. The summed E-state index contributed by atoms with van der Waals surface area (Å²) in [5, 5.41) is 0. The normalized spacial score (nSPS) is 14.0. The molecular formula is C10H11NO. The predicted molar refractivity (Wildman–Crippen MR) is 47.7 cm³/mol. The quantitative estimate of drug-likeness (QED) is 0.628. The van der Waals surface area contributed by atoms with Crippen molar-refractivity contribution in [3.63, 3.8) is 0 Å². The van der Waals surface area contributed by atoms with Gasteiger partial charge in [-0.1, -0.05) is 0 Å². The SMILES string of the molecule is COC1=CCc2nc(C)ccc21. The van der Waals surface area contributed by atoms with E-state index in [0.717, 1.165) is 29.1 Å². The van der Waals surface area contributed by atoms with Crippen molar-refractivity contribution in [1.29, 1.82) is 0 Å². The van der Waals surface area contributed by atoms with E-state index < -0.39 is 0 Å². The fourth-order valence-corrected chi connectivity index (χ4v) is 1.48. The van der Waals surface area contributed by atoms with Crippen LogP contribution in [0.5, 0.6) is 0 Å². The Morgan fingerprint density at radius 1 is 1.42 bits per heavy atom. The molecule has 0 aliphatic heterocycles. The highest BCUT2D eigenvalue weighted by molar-refractivity contribution is 5.66. The van der Waals surface area contributed by atoms with Gasteiger partial charge in [0.2, 0.25) is 0 Å². The van der Waals surface area contributed by atoms with Gasteiger partial charge in [0.1, 0.15) is 5.76 Å². The maximum Gasteiger partial charge on any atom is 0.124 e. The monoisotopic (exact) mass is 161 g/mol. The summed E-state index contributed by atoms with van der Waals surface area (Å²) in [6.07, 6.45) is 2.97. The number of rotatable bonds is 1. The Morgan fingerprint density at radius 3 is 3.00 bits per heavy atom. The number of pyridine rings is 1. The number of hydrogen-bond donors (Lipinski definition) is 0. The average Bonchev–Trinajstić information content (AvgIpc) is 2.46. The summed E-state index contributed by atoms with van der Waals surface area (Å²) in [5.74, 6) is 0.956. The van der Waals surface area contributed by atoms with Crippen molar-refractivity contribution in [2.45, 2.75) is 13.3 Å². The first-order chi connectivity index (χ1) is 5.81. The Hall–Kier alpha value is -1.31. The van der Waals surface area contributed by atoms with Gasteiger partial charge in [-0.3, -0.25) is 4.98 Å². The minimum atomic E-state index is 0.903. The molecule has 0 atom stereocenters. The highest BCUT2D eigenvalue weighted by atomic mass is 16.5. The van der Waals surface area contributed by atoms with Crippen LogP contribution in [-0.2, 0) is 11.2 Å². The number of aromatic nitrogens is 1. The van der Waals surface area contributed by atoms with Crippen molar-refractivity contribution >= 4 is 5.76 Å². The molecule has 0 bridgehead atoms. The van der Waals surface area contributed by atoms with Gasteiger partial charge < -0.3 is 4.74 Å². The standard InChI is InChI=1S/C10H11NO/c1-7-3-4-8-9(11-7)5-6-10(8)12-2/h3-4,6H,5H2,1-2H3. The van der Waals surface area contributed by atoms with Crippen molar-refractivity contribution in [2.75, 3.05) is 7.11 Å². The molecule has 1 aromatic heterocycles. The zero-order valence-electron chi connectivity index (χ0n) is 7.29. The van der Waals surface area contributed by atoms with Crippen molar-refractivity contribution in [3.8, 4) is 0 Å². The predicted octanol–water partition coefficient (Wildman–Crippen LogP) is 1.93. The van der Waals surface area contributed by atoms with Gasteiger partial charge in [-0.25, -0.2) is 0 Å². The Labute approximate surface area is 71.9 Å². The summed E-state index contributed by atoms with van der Waals surface area (Å²) in [4.78, 5) is 4.42. The second-order valence-corrected chi connectivity index (χ2v) is 2.92. The Morgan fingerprint density at radius 2 is 2.25 bits per heavy atom. The number of hydrogen-bond acceptors (Lipinski definition) is 2. The zero-order valence-corrected chi connectivity index (χ0v) is 7.29. The van der Waals surface area contributed by atoms with Crippen LogP contribution in [0.4, 0.5) is 0 Å². The molecule has 0 fully saturated rings. The van der Waals surface area contributed by atoms with Crippen LogP contribution < -0.4 is 0 Å². The Balaban J connectivity index is 2.47. The minimum Gasteiger partial charge on any atom is -0.496 e. The molecule has 0 spiro atoms. The molecule has 62 valence electrons. The van der Waals surface area contributed by atoms with Crippen LogP contribution in [0.3, 0.4) is 0 Å². The molecule has 0 amide bonds. The maximum absolute atomic E-state index is 5.20. The molecule has 0 aromatic carbocycles. The number of nitrogens with zero attached hydrogens (tertiary/aromatic N) is 1. The van der Waals surface area contributed by atoms with Gasteiger partial charge in [-0.15, -0.1) is 0 Å². The van der Waals surface area contributed by atoms with Crippen LogP contribution in [0.25, 0.3) is 5.76 Å². The van der Waals surface area contributed by atoms with Gasteiger partial charge in [0.05, 0.1) is 12.8 Å². The summed E-state index contributed by atoms with van der Waals surface area (Å²) >= 11 is 0. The fourth-order valence-electron chi connectivity index (χ4n) is 1.48. The van der Waals surface area contributed by atoms with Crippen LogP contribution in [0.15, 0.2) is 18.2 Å². The van der Waals surface area contributed by atoms with Crippen LogP contribution >= 0.6 is 0 Å². The lowest BCUT2D eigenvalue weighted by molar-refractivity contribution is 0.371. The van der Waals surface area contributed by atoms with Crippen LogP contribution in [0, 0.1) is 6.92 Å². The molecule has 0 N–H and O–H groups in total. The molecule has 1 aliphatic carbocycles. The summed E-state index contributed by atoms with van der Waals surface area (Å²) in [6, 6.07) is 4.08. The lowest BCUT2D eigenvalue weighted by Gasteiger charge is -2.03. The molecule has 2 heteroatoms. The molecule has 1 aliphatic rings. The van der Waals surface area contributed by atoms with E-state index in [2.05, 4.69) is 17.1 Å². The third kappa shape index (κ3) is 0.998. The van der Waals surface area contributed by atoms with E-state index >= 15 is 0 Å². The van der Waals surface area contributed by atoms with Crippen LogP contribution in [0.2, 0.25) is 0 Å². The summed E-state index contributed by atoms with van der Waals surface area (Å²) in [5.41, 5.74) is 3.34. The van der Waals surface area contributed by atoms with E-state index in [1.807, 2.05) is 13.0 Å². The van der Waals surface area contributed by atoms with E-state index in [-0.39, 0.29) is 0 Å². The number of methoxy groups -OCH3 is 1. The highest BCUT2D eigenvalue weighted by Gasteiger charge is 2.14. The first kappa shape index (κ1) is 7.35. The fraction of sp³-hybridized carbons (Fsp3) is 0.300. The molecule has 0 saturated heterocycles. The van der Waals surface area contributed by atoms with E-state index in [1.165, 1.54) is 0 Å². The molecule has 1 heterocycles. The zero-order chi connectivity index (χ0) is 8.55. The summed E-state index contributed by atoms with van der Waals surface area (Å²) < 4.78 is 5.20. The van der Waals surface area contributed by atoms with Crippen LogP contribution in [-0.4, -0.2) is 12.1 Å². The number of fused-ring (bicyclic) bond motifs is 1. The van der Waals surface area contributed by atoms with Gasteiger partial charge in [0.25, 0.3) is 0 Å². The largest absolute Gasteiger partial charge is 0.496 e. The first-order valence-electron chi connectivity index (χ1n) is 4.02. The van der Waals surface area contributed by atoms with Gasteiger partial charge in [0, 0.05) is 17.7 Å². The number of ether oxygens (including phenoxy) is 1. The lowest BCUT2D eigenvalue weighted by atomic mass is 10.2. The van der Waals surface area contributed by atoms with Crippen molar-refractivity contribution in [3.05, 3.63) is 35.2 Å². The van der Waals surface area contributed by atoms with Crippen molar-refractivity contribution in [1.82, 2.24) is 4.98 Å². The summed E-state index contributed by atoms with van der Waals surface area (Å²) in [7, 11) is 1.70. The summed E-state index contributed by atoms with van der Waals surface area (Å²) in [6.45, 7) is 2.01. The van der Waals surface area contributed by atoms with Gasteiger partial charge in [-0.05, 0) is 25.1 Å². The van der Waals surface area contributed by atoms with Crippen molar-refractivity contribution in [2.24, 2.45) is 0 Å². The molecule has 1 aromatic rings. The Kier molecular flexibility index (Phi) is 1.61. The smallest absolute Gasteiger partial charge is 0.124 e. The van der Waals surface area contributed by atoms with E-state index in [1.54, 1.807) is 7.11 Å². The molecule has 12 heavy (non-hydrogen) atoms. The Bertz CT molecular complexity index is 342. The third-order valence-corrected chi connectivity index (χ3v) is 2.08. The van der Waals surface area contributed by atoms with E-state index in [0.29, 0.717) is 0 Å². The van der Waals surface area contributed by atoms with Gasteiger partial charge >= 0.3 is 0 Å². The topological polar surface area (TPSA) is 22.1 Å². The van der Waals surface area contributed by atoms with Crippen LogP contribution in [0.1, 0.15) is 17.0 Å². The van der Waals surface area contributed by atoms with Crippen molar-refractivity contribution < 1.29 is 4.74 Å². The third-order valence-electron chi connectivity index (χ3n) is 2.08. The lowest BCUT2D eigenvalue weighted by Crippen LogP contribution is -1.92. The molecule has 0 unspecified atom stereocenters. The first-order valence-corrected chi connectivity index (χ1v) is 4.02. The molecule has 0 saturated carbocycles. The second-order valence-electron chi connectivity index (χ2n) is 2.92. The molecule has 0 radical (unpaired) electrons. The molecule has 2 rings (SSSR count). The van der Waals surface area contributed by atoms with Gasteiger partial charge in [-0.2, -0.15) is 0 Å². The van der Waals surface area contributed by atoms with E-state index in [9.17, 15) is 0 Å². The molecular weight excluding hydrogens is 150 g/mol. The van der Waals surface area contributed by atoms with E-state index in [4.69, 9.17) is 4.74 Å². The molecule has 2 nitrogen and oxygen atoms in total.